The summed E-state index contributed by atoms with van der Waals surface area (Å²) >= 11 is 0. The molecule has 118 valence electrons. The molecule has 0 N–H and O–H groups in total. The van der Waals surface area contributed by atoms with Crippen molar-refractivity contribution in [1.29, 1.82) is 0 Å². The summed E-state index contributed by atoms with van der Waals surface area (Å²) in [6, 6.07) is 4.71. The molecule has 0 saturated carbocycles. The highest BCUT2D eigenvalue weighted by Gasteiger charge is 2.25. The standard InChI is InChI=1S/C17H20O5/c1-5-6-15(22-16(19)11(2)3)17(20)21-14-8-7-13(10-18)9-12(14)4/h7-10,15H,2,5-6H2,1,3-4H3. The number of benzene rings is 1. The number of aryl methyl sites for hydroxylation is 1. The second-order valence-electron chi connectivity index (χ2n) is 5.03. The van der Waals surface area contributed by atoms with Crippen molar-refractivity contribution < 1.29 is 23.9 Å². The zero-order chi connectivity index (χ0) is 16.7. The Labute approximate surface area is 129 Å². The quantitative estimate of drug-likeness (QED) is 0.335. The number of hydrogen-bond donors (Lipinski definition) is 0. The van der Waals surface area contributed by atoms with Crippen LogP contribution in [0.25, 0.3) is 0 Å². The maximum Gasteiger partial charge on any atom is 0.352 e. The largest absolute Gasteiger partial charge is 0.447 e. The van der Waals surface area contributed by atoms with Crippen LogP contribution in [0.5, 0.6) is 5.75 Å². The van der Waals surface area contributed by atoms with E-state index in [-0.39, 0.29) is 5.57 Å². The van der Waals surface area contributed by atoms with Gasteiger partial charge in [0.2, 0.25) is 0 Å². The average molecular weight is 304 g/mol. The molecule has 5 nitrogen and oxygen atoms in total. The lowest BCUT2D eigenvalue weighted by molar-refractivity contribution is -0.159. The molecular formula is C17H20O5. The Bertz CT molecular complexity index is 589. The topological polar surface area (TPSA) is 69.7 Å². The highest BCUT2D eigenvalue weighted by molar-refractivity contribution is 5.89. The van der Waals surface area contributed by atoms with E-state index in [0.29, 0.717) is 36.0 Å². The van der Waals surface area contributed by atoms with Crippen LogP contribution in [-0.2, 0) is 14.3 Å². The number of carbonyl (C=O) groups excluding carboxylic acids is 3. The minimum absolute atomic E-state index is 0.223. The Balaban J connectivity index is 2.84. The molecule has 0 spiro atoms. The monoisotopic (exact) mass is 304 g/mol. The first-order chi connectivity index (χ1) is 10.4. The summed E-state index contributed by atoms with van der Waals surface area (Å²) in [6.07, 6.45) is 0.766. The van der Waals surface area contributed by atoms with Crippen molar-refractivity contribution in [2.75, 3.05) is 0 Å². The molecule has 0 saturated heterocycles. The van der Waals surface area contributed by atoms with Crippen molar-refractivity contribution in [3.63, 3.8) is 0 Å². The van der Waals surface area contributed by atoms with Crippen molar-refractivity contribution in [3.05, 3.63) is 41.5 Å². The van der Waals surface area contributed by atoms with Gasteiger partial charge in [-0.2, -0.15) is 0 Å². The van der Waals surface area contributed by atoms with Gasteiger partial charge in [0.05, 0.1) is 0 Å². The minimum Gasteiger partial charge on any atom is -0.447 e. The smallest absolute Gasteiger partial charge is 0.352 e. The van der Waals surface area contributed by atoms with E-state index < -0.39 is 18.0 Å². The lowest BCUT2D eigenvalue weighted by Gasteiger charge is -2.17. The summed E-state index contributed by atoms with van der Waals surface area (Å²) in [7, 11) is 0. The van der Waals surface area contributed by atoms with Crippen molar-refractivity contribution in [2.45, 2.75) is 39.7 Å². The average Bonchev–Trinajstić information content (AvgIpc) is 2.48. The van der Waals surface area contributed by atoms with E-state index in [1.165, 1.54) is 6.92 Å². The van der Waals surface area contributed by atoms with E-state index in [9.17, 15) is 14.4 Å². The zero-order valence-corrected chi connectivity index (χ0v) is 13.0. The van der Waals surface area contributed by atoms with Crippen LogP contribution < -0.4 is 4.74 Å². The van der Waals surface area contributed by atoms with Gasteiger partial charge < -0.3 is 9.47 Å². The number of aldehydes is 1. The zero-order valence-electron chi connectivity index (χ0n) is 13.0. The first-order valence-electron chi connectivity index (χ1n) is 7.03. The molecule has 1 unspecified atom stereocenters. The van der Waals surface area contributed by atoms with Crippen LogP contribution in [0.3, 0.4) is 0 Å². The van der Waals surface area contributed by atoms with Gasteiger partial charge in [-0.15, -0.1) is 0 Å². The number of rotatable bonds is 7. The predicted octanol–water partition coefficient (Wildman–Crippen LogP) is 3.00. The third kappa shape index (κ3) is 4.84. The van der Waals surface area contributed by atoms with Gasteiger partial charge in [0, 0.05) is 11.1 Å². The molecule has 0 radical (unpaired) electrons. The molecule has 0 heterocycles. The molecule has 0 aliphatic carbocycles. The SMILES string of the molecule is C=C(C)C(=O)OC(CCC)C(=O)Oc1ccc(C=O)cc1C. The fraction of sp³-hybridized carbons (Fsp3) is 0.353. The van der Waals surface area contributed by atoms with Gasteiger partial charge in [0.1, 0.15) is 12.0 Å². The van der Waals surface area contributed by atoms with Gasteiger partial charge in [0.15, 0.2) is 6.10 Å². The van der Waals surface area contributed by atoms with Crippen molar-refractivity contribution >= 4 is 18.2 Å². The van der Waals surface area contributed by atoms with E-state index in [1.807, 2.05) is 6.92 Å². The summed E-state index contributed by atoms with van der Waals surface area (Å²) in [5.41, 5.74) is 1.37. The molecule has 1 atom stereocenters. The van der Waals surface area contributed by atoms with Crippen LogP contribution in [-0.4, -0.2) is 24.3 Å². The first kappa shape index (κ1) is 17.6. The van der Waals surface area contributed by atoms with E-state index >= 15 is 0 Å². The van der Waals surface area contributed by atoms with Crippen molar-refractivity contribution in [1.82, 2.24) is 0 Å². The van der Waals surface area contributed by atoms with Crippen LogP contribution >= 0.6 is 0 Å². The van der Waals surface area contributed by atoms with Gasteiger partial charge in [-0.25, -0.2) is 9.59 Å². The molecule has 0 aliphatic rings. The second kappa shape index (κ2) is 8.12. The summed E-state index contributed by atoms with van der Waals surface area (Å²) in [6.45, 7) is 8.60. The third-order valence-corrected chi connectivity index (χ3v) is 2.96. The molecule has 5 heteroatoms. The molecule has 1 aromatic carbocycles. The number of ether oxygens (including phenoxy) is 2. The fourth-order valence-electron chi connectivity index (χ4n) is 1.75. The Morgan fingerprint density at radius 2 is 2.05 bits per heavy atom. The van der Waals surface area contributed by atoms with Crippen LogP contribution in [0.2, 0.25) is 0 Å². The Kier molecular flexibility index (Phi) is 6.50. The van der Waals surface area contributed by atoms with Gasteiger partial charge in [-0.1, -0.05) is 19.9 Å². The number of esters is 2. The molecule has 1 rings (SSSR count). The summed E-state index contributed by atoms with van der Waals surface area (Å²) in [4.78, 5) is 34.4. The van der Waals surface area contributed by atoms with Crippen molar-refractivity contribution in [3.8, 4) is 5.75 Å². The lowest BCUT2D eigenvalue weighted by atomic mass is 10.1. The van der Waals surface area contributed by atoms with E-state index in [0.717, 1.165) is 0 Å². The van der Waals surface area contributed by atoms with Gasteiger partial charge in [0.25, 0.3) is 0 Å². The normalized spacial score (nSPS) is 11.4. The highest BCUT2D eigenvalue weighted by atomic mass is 16.6. The molecule has 22 heavy (non-hydrogen) atoms. The van der Waals surface area contributed by atoms with Crippen LogP contribution in [0.4, 0.5) is 0 Å². The molecule has 0 amide bonds. The van der Waals surface area contributed by atoms with Gasteiger partial charge in [-0.05, 0) is 44.0 Å². The number of hydrogen-bond acceptors (Lipinski definition) is 5. The lowest BCUT2D eigenvalue weighted by Crippen LogP contribution is -2.31. The second-order valence-corrected chi connectivity index (χ2v) is 5.03. The number of carbonyl (C=O) groups is 3. The highest BCUT2D eigenvalue weighted by Crippen LogP contribution is 2.20. The van der Waals surface area contributed by atoms with E-state index in [4.69, 9.17) is 9.47 Å². The summed E-state index contributed by atoms with van der Waals surface area (Å²) < 4.78 is 10.4. The Morgan fingerprint density at radius 3 is 2.55 bits per heavy atom. The first-order valence-corrected chi connectivity index (χ1v) is 7.03. The van der Waals surface area contributed by atoms with Crippen LogP contribution in [0.1, 0.15) is 42.6 Å². The van der Waals surface area contributed by atoms with Gasteiger partial charge >= 0.3 is 11.9 Å². The van der Waals surface area contributed by atoms with Gasteiger partial charge in [-0.3, -0.25) is 4.79 Å². The summed E-state index contributed by atoms with van der Waals surface area (Å²) in [5.74, 6) is -0.926. The molecule has 0 bridgehead atoms. The third-order valence-electron chi connectivity index (χ3n) is 2.96. The van der Waals surface area contributed by atoms with Crippen LogP contribution in [0.15, 0.2) is 30.4 Å². The van der Waals surface area contributed by atoms with E-state index in [2.05, 4.69) is 6.58 Å². The van der Waals surface area contributed by atoms with Crippen LogP contribution in [0, 0.1) is 6.92 Å². The Hall–Kier alpha value is -2.43. The molecule has 0 aliphatic heterocycles. The minimum atomic E-state index is -0.973. The van der Waals surface area contributed by atoms with E-state index in [1.54, 1.807) is 25.1 Å². The maximum absolute atomic E-state index is 12.2. The predicted molar refractivity (Wildman–Crippen MR) is 81.8 cm³/mol. The summed E-state index contributed by atoms with van der Waals surface area (Å²) in [5, 5.41) is 0. The molecule has 1 aromatic rings. The van der Waals surface area contributed by atoms with Crippen molar-refractivity contribution in [2.24, 2.45) is 0 Å². The fourth-order valence-corrected chi connectivity index (χ4v) is 1.75. The molecule has 0 fully saturated rings. The Morgan fingerprint density at radius 1 is 1.36 bits per heavy atom. The molecular weight excluding hydrogens is 284 g/mol. The maximum atomic E-state index is 12.2. The molecule has 0 aromatic heterocycles.